The Hall–Kier alpha value is -4.28. The lowest BCUT2D eigenvalue weighted by atomic mass is 10.1. The fraction of sp³-hybridized carbons (Fsp3) is 0.273. The Morgan fingerprint density at radius 2 is 1.88 bits per heavy atom. The maximum atomic E-state index is 10.6. The topological polar surface area (TPSA) is 139 Å². The number of pyridine rings is 1. The minimum absolute atomic E-state index is 0.0952. The summed E-state index contributed by atoms with van der Waals surface area (Å²) in [6.45, 7) is 3.28. The van der Waals surface area contributed by atoms with Gasteiger partial charge in [0.05, 0.1) is 5.69 Å². The summed E-state index contributed by atoms with van der Waals surface area (Å²) in [5.41, 5.74) is 9.64. The number of fused-ring (bicyclic) bond motifs is 1. The molecule has 33 heavy (non-hydrogen) atoms. The molecule has 0 unspecified atom stereocenters. The van der Waals surface area contributed by atoms with Gasteiger partial charge in [-0.2, -0.15) is 9.61 Å². The van der Waals surface area contributed by atoms with Crippen molar-refractivity contribution in [1.29, 1.82) is 0 Å². The van der Waals surface area contributed by atoms with Crippen molar-refractivity contribution in [3.8, 4) is 11.3 Å². The minimum atomic E-state index is 0.0952. The van der Waals surface area contributed by atoms with E-state index < -0.39 is 0 Å². The molecule has 11 heteroatoms. The van der Waals surface area contributed by atoms with Crippen LogP contribution in [0.1, 0.15) is 12.8 Å². The lowest BCUT2D eigenvalue weighted by Gasteiger charge is -2.18. The van der Waals surface area contributed by atoms with Crippen LogP contribution in [0.3, 0.4) is 0 Å². The first-order chi connectivity index (χ1) is 16.2. The monoisotopic (exact) mass is 444 g/mol. The smallest absolute Gasteiger partial charge is 0.226 e. The van der Waals surface area contributed by atoms with E-state index in [-0.39, 0.29) is 11.5 Å². The van der Waals surface area contributed by atoms with Crippen LogP contribution in [-0.4, -0.2) is 50.7 Å². The number of aromatic nitrogens is 5. The largest absolute Gasteiger partial charge is 0.382 e. The van der Waals surface area contributed by atoms with E-state index in [1.165, 1.54) is 30.9 Å². The second-order valence-corrected chi connectivity index (χ2v) is 7.79. The molecule has 1 aliphatic rings. The van der Waals surface area contributed by atoms with Crippen molar-refractivity contribution in [2.24, 2.45) is 5.18 Å². The van der Waals surface area contributed by atoms with Crippen LogP contribution in [0, 0.1) is 4.91 Å². The van der Waals surface area contributed by atoms with E-state index in [9.17, 15) is 4.91 Å². The first-order valence-corrected chi connectivity index (χ1v) is 10.8. The van der Waals surface area contributed by atoms with E-state index in [2.05, 4.69) is 60.0 Å². The van der Waals surface area contributed by atoms with Gasteiger partial charge in [-0.25, -0.2) is 15.0 Å². The number of hydrogen-bond acceptors (Lipinski definition) is 10. The molecule has 0 atom stereocenters. The van der Waals surface area contributed by atoms with Crippen LogP contribution in [0.5, 0.6) is 0 Å². The molecule has 0 saturated carbocycles. The van der Waals surface area contributed by atoms with Gasteiger partial charge in [0.15, 0.2) is 11.5 Å². The number of nitrogens with one attached hydrogen (secondary N) is 2. The molecule has 11 nitrogen and oxygen atoms in total. The van der Waals surface area contributed by atoms with Gasteiger partial charge in [-0.05, 0) is 42.3 Å². The van der Waals surface area contributed by atoms with E-state index in [0.717, 1.165) is 24.3 Å². The SMILES string of the molecule is Nc1nc(NCCNc2nc(-c3cccc(N4CCCC4)c3)cc3ncnn23)ccc1N=O. The Morgan fingerprint density at radius 1 is 1.03 bits per heavy atom. The summed E-state index contributed by atoms with van der Waals surface area (Å²) in [6, 6.07) is 13.6. The highest BCUT2D eigenvalue weighted by atomic mass is 16.3. The van der Waals surface area contributed by atoms with Crippen molar-refractivity contribution in [3.05, 3.63) is 53.7 Å². The van der Waals surface area contributed by atoms with Crippen LogP contribution in [0.25, 0.3) is 16.9 Å². The Labute approximate surface area is 190 Å². The molecule has 3 aromatic heterocycles. The van der Waals surface area contributed by atoms with Gasteiger partial charge in [0.25, 0.3) is 0 Å². The quantitative estimate of drug-likeness (QED) is 0.276. The molecule has 1 fully saturated rings. The van der Waals surface area contributed by atoms with Crippen LogP contribution < -0.4 is 21.3 Å². The van der Waals surface area contributed by atoms with Gasteiger partial charge in [-0.15, -0.1) is 4.91 Å². The van der Waals surface area contributed by atoms with Crippen LogP contribution in [0.2, 0.25) is 0 Å². The van der Waals surface area contributed by atoms with Gasteiger partial charge in [-0.1, -0.05) is 12.1 Å². The molecular formula is C22H24N10O. The van der Waals surface area contributed by atoms with E-state index in [1.54, 1.807) is 10.6 Å². The van der Waals surface area contributed by atoms with Crippen molar-refractivity contribution in [2.75, 3.05) is 47.4 Å². The Balaban J connectivity index is 1.31. The third kappa shape index (κ3) is 4.38. The summed E-state index contributed by atoms with van der Waals surface area (Å²) in [7, 11) is 0. The summed E-state index contributed by atoms with van der Waals surface area (Å²) >= 11 is 0. The number of benzene rings is 1. The summed E-state index contributed by atoms with van der Waals surface area (Å²) in [5.74, 6) is 1.26. The van der Waals surface area contributed by atoms with Gasteiger partial charge in [0.1, 0.15) is 17.8 Å². The molecule has 4 heterocycles. The zero-order chi connectivity index (χ0) is 22.6. The molecule has 1 saturated heterocycles. The third-order valence-electron chi connectivity index (χ3n) is 5.60. The number of nitrogen functional groups attached to an aromatic ring is 1. The van der Waals surface area contributed by atoms with Crippen molar-refractivity contribution < 1.29 is 0 Å². The fourth-order valence-corrected chi connectivity index (χ4v) is 3.94. The number of rotatable bonds is 8. The number of hydrogen-bond donors (Lipinski definition) is 3. The molecule has 1 aromatic carbocycles. The summed E-state index contributed by atoms with van der Waals surface area (Å²) in [4.78, 5) is 26.3. The van der Waals surface area contributed by atoms with Gasteiger partial charge in [0, 0.05) is 43.5 Å². The highest BCUT2D eigenvalue weighted by molar-refractivity contribution is 5.70. The summed E-state index contributed by atoms with van der Waals surface area (Å²) in [6.07, 6.45) is 3.98. The Kier molecular flexibility index (Phi) is 5.66. The number of nitrogens with two attached hydrogens (primary N) is 1. The second kappa shape index (κ2) is 9.07. The average molecular weight is 445 g/mol. The van der Waals surface area contributed by atoms with Crippen LogP contribution in [0.4, 0.5) is 29.0 Å². The molecule has 0 spiro atoms. The zero-order valence-corrected chi connectivity index (χ0v) is 18.0. The van der Waals surface area contributed by atoms with Crippen molar-refractivity contribution in [3.63, 3.8) is 0 Å². The lowest BCUT2D eigenvalue weighted by Crippen LogP contribution is -2.18. The van der Waals surface area contributed by atoms with Crippen LogP contribution >= 0.6 is 0 Å². The normalized spacial score (nSPS) is 13.4. The number of nitrogens with zero attached hydrogens (tertiary/aromatic N) is 7. The predicted molar refractivity (Wildman–Crippen MR) is 129 cm³/mol. The minimum Gasteiger partial charge on any atom is -0.382 e. The van der Waals surface area contributed by atoms with E-state index in [0.29, 0.717) is 30.5 Å². The fourth-order valence-electron chi connectivity index (χ4n) is 3.94. The predicted octanol–water partition coefficient (Wildman–Crippen LogP) is 3.29. The lowest BCUT2D eigenvalue weighted by molar-refractivity contribution is 0.906. The number of nitroso groups, excluding NO2 is 1. The maximum absolute atomic E-state index is 10.6. The molecule has 0 amide bonds. The third-order valence-corrected chi connectivity index (χ3v) is 5.60. The highest BCUT2D eigenvalue weighted by Crippen LogP contribution is 2.27. The first-order valence-electron chi connectivity index (χ1n) is 10.8. The molecule has 4 aromatic rings. The van der Waals surface area contributed by atoms with Gasteiger partial charge in [0.2, 0.25) is 5.95 Å². The van der Waals surface area contributed by atoms with Crippen molar-refractivity contribution in [1.82, 2.24) is 24.6 Å². The second-order valence-electron chi connectivity index (χ2n) is 7.79. The van der Waals surface area contributed by atoms with Crippen LogP contribution in [-0.2, 0) is 0 Å². The van der Waals surface area contributed by atoms with Crippen molar-refractivity contribution in [2.45, 2.75) is 12.8 Å². The summed E-state index contributed by atoms with van der Waals surface area (Å²) < 4.78 is 1.68. The van der Waals surface area contributed by atoms with E-state index in [1.807, 2.05) is 6.07 Å². The molecule has 0 bridgehead atoms. The average Bonchev–Trinajstić information content (AvgIpc) is 3.54. The van der Waals surface area contributed by atoms with Crippen molar-refractivity contribution >= 4 is 34.6 Å². The van der Waals surface area contributed by atoms with Crippen LogP contribution in [0.15, 0.2) is 54.0 Å². The first kappa shape index (κ1) is 20.6. The van der Waals surface area contributed by atoms with Gasteiger partial charge >= 0.3 is 0 Å². The molecule has 0 radical (unpaired) electrons. The number of anilines is 4. The highest BCUT2D eigenvalue weighted by Gasteiger charge is 2.14. The maximum Gasteiger partial charge on any atom is 0.226 e. The molecule has 168 valence electrons. The molecular weight excluding hydrogens is 420 g/mol. The molecule has 0 aliphatic carbocycles. The molecule has 1 aliphatic heterocycles. The van der Waals surface area contributed by atoms with Gasteiger partial charge < -0.3 is 21.3 Å². The molecule has 5 rings (SSSR count). The standard InChI is InChI=1S/C22H24N10O/c23-21-17(30-33)6-7-19(29-21)24-8-9-25-22-28-18(13-20-26-14-27-32(20)22)15-4-3-5-16(12-15)31-10-1-2-11-31/h3-7,12-14H,1-2,8-11H2,(H,25,28)(H3,23,24,29). The molecule has 4 N–H and O–H groups in total. The van der Waals surface area contributed by atoms with Gasteiger partial charge in [-0.3, -0.25) is 0 Å². The van der Waals surface area contributed by atoms with E-state index in [4.69, 9.17) is 10.7 Å². The summed E-state index contributed by atoms with van der Waals surface area (Å²) in [5, 5.41) is 13.6. The van der Waals surface area contributed by atoms with E-state index >= 15 is 0 Å². The zero-order valence-electron chi connectivity index (χ0n) is 18.0. The Morgan fingerprint density at radius 3 is 2.70 bits per heavy atom. The Bertz CT molecular complexity index is 1280.